The second-order valence-electron chi connectivity index (χ2n) is 21.1. The molecular formula is C63H119NO5. The Hall–Kier alpha value is -1.92. The van der Waals surface area contributed by atoms with Crippen LogP contribution >= 0.6 is 0 Å². The second-order valence-corrected chi connectivity index (χ2v) is 21.1. The van der Waals surface area contributed by atoms with Crippen LogP contribution in [0.15, 0.2) is 36.5 Å². The maximum absolute atomic E-state index is 12.5. The lowest BCUT2D eigenvalue weighted by molar-refractivity contribution is -0.143. The van der Waals surface area contributed by atoms with Crippen molar-refractivity contribution in [1.82, 2.24) is 5.32 Å². The molecule has 6 heteroatoms. The third-order valence-corrected chi connectivity index (χ3v) is 14.2. The number of aliphatic hydroxyl groups excluding tert-OH is 2. The zero-order valence-corrected chi connectivity index (χ0v) is 46.3. The lowest BCUT2D eigenvalue weighted by atomic mass is 10.0. The van der Waals surface area contributed by atoms with Crippen LogP contribution in [-0.2, 0) is 14.3 Å². The molecule has 0 aliphatic carbocycles. The van der Waals surface area contributed by atoms with Crippen LogP contribution in [0.1, 0.15) is 328 Å². The fourth-order valence-electron chi connectivity index (χ4n) is 9.45. The van der Waals surface area contributed by atoms with Crippen molar-refractivity contribution in [3.63, 3.8) is 0 Å². The Bertz CT molecular complexity index is 1120. The first kappa shape index (κ1) is 67.1. The molecule has 406 valence electrons. The number of carbonyl (C=O) groups excluding carboxylic acids is 2. The van der Waals surface area contributed by atoms with Gasteiger partial charge in [0.25, 0.3) is 0 Å². The fraction of sp³-hybridized carbons (Fsp3) is 0.873. The zero-order valence-electron chi connectivity index (χ0n) is 46.3. The van der Waals surface area contributed by atoms with Crippen molar-refractivity contribution in [2.24, 2.45) is 0 Å². The molecule has 0 aromatic heterocycles. The first-order valence-corrected chi connectivity index (χ1v) is 30.8. The van der Waals surface area contributed by atoms with Crippen LogP contribution in [0.2, 0.25) is 0 Å². The zero-order chi connectivity index (χ0) is 50.0. The summed E-state index contributed by atoms with van der Waals surface area (Å²) in [4.78, 5) is 24.5. The summed E-state index contributed by atoms with van der Waals surface area (Å²) in [5, 5.41) is 23.2. The number of hydrogen-bond acceptors (Lipinski definition) is 5. The first-order chi connectivity index (χ1) is 34.0. The molecule has 0 aliphatic rings. The van der Waals surface area contributed by atoms with Gasteiger partial charge in [-0.05, 0) is 64.2 Å². The molecule has 2 unspecified atom stereocenters. The average Bonchev–Trinajstić information content (AvgIpc) is 3.35. The van der Waals surface area contributed by atoms with Crippen molar-refractivity contribution in [1.29, 1.82) is 0 Å². The smallest absolute Gasteiger partial charge is 0.305 e. The van der Waals surface area contributed by atoms with Crippen molar-refractivity contribution in [2.75, 3.05) is 13.2 Å². The summed E-state index contributed by atoms with van der Waals surface area (Å²) in [5.74, 6) is -0.109. The van der Waals surface area contributed by atoms with Gasteiger partial charge in [0.2, 0.25) is 5.91 Å². The van der Waals surface area contributed by atoms with E-state index in [9.17, 15) is 19.8 Å². The molecule has 1 amide bonds. The fourth-order valence-corrected chi connectivity index (χ4v) is 9.45. The standard InChI is InChI=1S/C63H119NO5/c1-3-5-7-9-11-13-15-17-18-19-20-21-22-23-24-25-26-27-29-32-35-39-43-47-51-55-61(66)60(59-65)64-62(67)56-52-48-44-40-36-33-30-28-31-34-38-42-46-50-54-58-69-63(68)57-53-49-45-41-37-16-14-12-10-8-6-4-2/h28,31,34,38,51,55,60-61,65-66H,3-27,29-30,32-33,35-37,39-50,52-54,56-59H2,1-2H3,(H,64,67)/b31-28-,38-34-,55-51+. The van der Waals surface area contributed by atoms with Crippen molar-refractivity contribution >= 4 is 11.9 Å². The van der Waals surface area contributed by atoms with E-state index in [0.29, 0.717) is 19.4 Å². The highest BCUT2D eigenvalue weighted by atomic mass is 16.5. The van der Waals surface area contributed by atoms with Gasteiger partial charge < -0.3 is 20.3 Å². The number of rotatable bonds is 57. The van der Waals surface area contributed by atoms with E-state index in [1.165, 1.54) is 225 Å². The predicted octanol–water partition coefficient (Wildman–Crippen LogP) is 19.2. The number of unbranched alkanes of at least 4 members (excludes halogenated alkanes) is 43. The van der Waals surface area contributed by atoms with Gasteiger partial charge in [-0.2, -0.15) is 0 Å². The molecule has 69 heavy (non-hydrogen) atoms. The van der Waals surface area contributed by atoms with Crippen LogP contribution in [0.5, 0.6) is 0 Å². The maximum Gasteiger partial charge on any atom is 0.305 e. The minimum Gasteiger partial charge on any atom is -0.466 e. The molecule has 0 bridgehead atoms. The molecule has 3 N–H and O–H groups in total. The Kier molecular flexibility index (Phi) is 57.0. The van der Waals surface area contributed by atoms with Crippen LogP contribution in [-0.4, -0.2) is 47.4 Å². The van der Waals surface area contributed by atoms with Gasteiger partial charge in [0.1, 0.15) is 0 Å². The quantitative estimate of drug-likeness (QED) is 0.0244. The number of aliphatic hydroxyl groups is 2. The van der Waals surface area contributed by atoms with Gasteiger partial charge in [0.15, 0.2) is 0 Å². The number of allylic oxidation sites excluding steroid dienone is 5. The average molecular weight is 971 g/mol. The molecule has 0 spiro atoms. The maximum atomic E-state index is 12.5. The number of amides is 1. The van der Waals surface area contributed by atoms with Crippen LogP contribution in [0.25, 0.3) is 0 Å². The van der Waals surface area contributed by atoms with Gasteiger partial charge >= 0.3 is 5.97 Å². The highest BCUT2D eigenvalue weighted by Gasteiger charge is 2.18. The van der Waals surface area contributed by atoms with E-state index in [-0.39, 0.29) is 18.5 Å². The molecular weight excluding hydrogens is 851 g/mol. The largest absolute Gasteiger partial charge is 0.466 e. The third kappa shape index (κ3) is 55.2. The summed E-state index contributed by atoms with van der Waals surface area (Å²) >= 11 is 0. The molecule has 0 aliphatic heterocycles. The van der Waals surface area contributed by atoms with Gasteiger partial charge in [-0.3, -0.25) is 9.59 Å². The Morgan fingerprint density at radius 2 is 0.710 bits per heavy atom. The van der Waals surface area contributed by atoms with Gasteiger partial charge in [0, 0.05) is 12.8 Å². The number of esters is 1. The van der Waals surface area contributed by atoms with E-state index in [1.54, 1.807) is 6.08 Å². The Morgan fingerprint density at radius 3 is 1.07 bits per heavy atom. The summed E-state index contributed by atoms with van der Waals surface area (Å²) < 4.78 is 5.44. The number of nitrogens with one attached hydrogen (secondary N) is 1. The van der Waals surface area contributed by atoms with Gasteiger partial charge in [-0.25, -0.2) is 0 Å². The van der Waals surface area contributed by atoms with Crippen molar-refractivity contribution in [3.8, 4) is 0 Å². The van der Waals surface area contributed by atoms with Crippen LogP contribution < -0.4 is 5.32 Å². The van der Waals surface area contributed by atoms with E-state index < -0.39 is 12.1 Å². The Morgan fingerprint density at radius 1 is 0.406 bits per heavy atom. The molecule has 2 atom stereocenters. The van der Waals surface area contributed by atoms with E-state index in [0.717, 1.165) is 77.0 Å². The number of carbonyl (C=O) groups is 2. The molecule has 0 aromatic carbocycles. The molecule has 0 radical (unpaired) electrons. The van der Waals surface area contributed by atoms with Gasteiger partial charge in [0.05, 0.1) is 25.4 Å². The summed E-state index contributed by atoms with van der Waals surface area (Å²) in [6.07, 6.45) is 73.3. The second kappa shape index (κ2) is 58.6. The predicted molar refractivity (Wildman–Crippen MR) is 301 cm³/mol. The minimum absolute atomic E-state index is 0.0218. The molecule has 0 heterocycles. The first-order valence-electron chi connectivity index (χ1n) is 30.8. The van der Waals surface area contributed by atoms with E-state index >= 15 is 0 Å². The number of ether oxygens (including phenoxy) is 1. The van der Waals surface area contributed by atoms with Gasteiger partial charge in [-0.1, -0.05) is 288 Å². The Balaban J connectivity index is 3.53. The molecule has 0 fully saturated rings. The summed E-state index contributed by atoms with van der Waals surface area (Å²) in [5.41, 5.74) is 0. The summed E-state index contributed by atoms with van der Waals surface area (Å²) in [6.45, 7) is 4.86. The molecule has 6 nitrogen and oxygen atoms in total. The normalized spacial score (nSPS) is 12.8. The monoisotopic (exact) mass is 970 g/mol. The molecule has 0 saturated carbocycles. The van der Waals surface area contributed by atoms with Crippen LogP contribution in [0.3, 0.4) is 0 Å². The van der Waals surface area contributed by atoms with Gasteiger partial charge in [-0.15, -0.1) is 0 Å². The molecule has 0 saturated heterocycles. The summed E-state index contributed by atoms with van der Waals surface area (Å²) in [7, 11) is 0. The van der Waals surface area contributed by atoms with Crippen molar-refractivity contribution in [3.05, 3.63) is 36.5 Å². The molecule has 0 rings (SSSR count). The van der Waals surface area contributed by atoms with Crippen molar-refractivity contribution in [2.45, 2.75) is 341 Å². The van der Waals surface area contributed by atoms with E-state index in [4.69, 9.17) is 4.74 Å². The molecule has 0 aromatic rings. The topological polar surface area (TPSA) is 95.9 Å². The van der Waals surface area contributed by atoms with E-state index in [1.807, 2.05) is 6.08 Å². The summed E-state index contributed by atoms with van der Waals surface area (Å²) in [6, 6.07) is -0.646. The number of hydrogen-bond donors (Lipinski definition) is 3. The van der Waals surface area contributed by atoms with E-state index in [2.05, 4.69) is 43.5 Å². The van der Waals surface area contributed by atoms with Crippen molar-refractivity contribution < 1.29 is 24.5 Å². The minimum atomic E-state index is -0.860. The SMILES string of the molecule is CCCCCCCCCCCCCCCCCCCCCCCCC/C=C/C(O)C(CO)NC(=O)CCCCCCCC/C=C\C=C/CCCCCOC(=O)CCCCCCCCCCCCCC. The highest BCUT2D eigenvalue weighted by molar-refractivity contribution is 5.76. The van der Waals surface area contributed by atoms with Crippen LogP contribution in [0, 0.1) is 0 Å². The lowest BCUT2D eigenvalue weighted by Gasteiger charge is -2.20. The lowest BCUT2D eigenvalue weighted by Crippen LogP contribution is -2.45. The highest BCUT2D eigenvalue weighted by Crippen LogP contribution is 2.17. The van der Waals surface area contributed by atoms with Crippen LogP contribution in [0.4, 0.5) is 0 Å². The third-order valence-electron chi connectivity index (χ3n) is 14.2. The Labute approximate surface area is 430 Å².